The number of hydrogen-bond donors (Lipinski definition) is 0. The highest BCUT2D eigenvalue weighted by Gasteiger charge is 2.20. The third-order valence-corrected chi connectivity index (χ3v) is 3.49. The van der Waals surface area contributed by atoms with E-state index in [2.05, 4.69) is 16.9 Å². The molecular weight excluding hydrogens is 216 g/mol. The first-order chi connectivity index (χ1) is 6.70. The van der Waals surface area contributed by atoms with Crippen LogP contribution in [0.15, 0.2) is 5.16 Å². The lowest BCUT2D eigenvalue weighted by Crippen LogP contribution is -2.14. The molecule has 4 heteroatoms. The van der Waals surface area contributed by atoms with E-state index in [0.717, 1.165) is 23.7 Å². The summed E-state index contributed by atoms with van der Waals surface area (Å²) in [6.07, 6.45) is 5.27. The van der Waals surface area contributed by atoms with Crippen LogP contribution in [0.3, 0.4) is 0 Å². The fourth-order valence-corrected chi connectivity index (χ4v) is 2.51. The topological polar surface area (TPSA) is 25.8 Å². The molecule has 76 valence electrons. The third-order valence-electron chi connectivity index (χ3n) is 2.63. The Morgan fingerprint density at radius 1 is 1.43 bits per heavy atom. The van der Waals surface area contributed by atoms with Gasteiger partial charge in [-0.25, -0.2) is 9.97 Å². The Morgan fingerprint density at radius 3 is 2.93 bits per heavy atom. The molecule has 0 saturated carbocycles. The highest BCUT2D eigenvalue weighted by Crippen LogP contribution is 2.29. The molecule has 0 N–H and O–H groups in total. The summed E-state index contributed by atoms with van der Waals surface area (Å²) in [5.41, 5.74) is 2.33. The molecule has 1 unspecified atom stereocenters. The Balaban J connectivity index is 2.43. The van der Waals surface area contributed by atoms with Crippen LogP contribution < -0.4 is 0 Å². The van der Waals surface area contributed by atoms with Crippen molar-refractivity contribution in [1.29, 1.82) is 0 Å². The summed E-state index contributed by atoms with van der Waals surface area (Å²) >= 11 is 7.68. The van der Waals surface area contributed by atoms with Gasteiger partial charge < -0.3 is 0 Å². The molecule has 0 bridgehead atoms. The van der Waals surface area contributed by atoms with Gasteiger partial charge in [0.15, 0.2) is 5.16 Å². The SMILES string of the molecule is CSc1nc(Cl)c2c(n1)CCC(C)C2. The number of rotatable bonds is 1. The second-order valence-corrected chi connectivity index (χ2v) is 4.91. The lowest BCUT2D eigenvalue weighted by Gasteiger charge is -2.21. The first-order valence-electron chi connectivity index (χ1n) is 4.80. The molecule has 0 radical (unpaired) electrons. The largest absolute Gasteiger partial charge is 0.227 e. The zero-order chi connectivity index (χ0) is 10.1. The van der Waals surface area contributed by atoms with E-state index < -0.39 is 0 Å². The molecule has 2 nitrogen and oxygen atoms in total. The van der Waals surface area contributed by atoms with Crippen LogP contribution in [0.25, 0.3) is 0 Å². The van der Waals surface area contributed by atoms with Gasteiger partial charge in [0.25, 0.3) is 0 Å². The highest BCUT2D eigenvalue weighted by molar-refractivity contribution is 7.98. The fraction of sp³-hybridized carbons (Fsp3) is 0.600. The summed E-state index contributed by atoms with van der Waals surface area (Å²) in [5.74, 6) is 0.712. The van der Waals surface area contributed by atoms with Crippen molar-refractivity contribution in [2.75, 3.05) is 6.26 Å². The molecular formula is C10H13ClN2S. The zero-order valence-corrected chi connectivity index (χ0v) is 9.95. The minimum atomic E-state index is 0.658. The second kappa shape index (κ2) is 4.07. The van der Waals surface area contributed by atoms with Crippen LogP contribution in [0.4, 0.5) is 0 Å². The molecule has 1 aliphatic rings. The van der Waals surface area contributed by atoms with E-state index in [1.165, 1.54) is 12.0 Å². The number of aryl methyl sites for hydroxylation is 1. The van der Waals surface area contributed by atoms with Crippen LogP contribution in [-0.2, 0) is 12.8 Å². The fourth-order valence-electron chi connectivity index (χ4n) is 1.81. The standard InChI is InChI=1S/C10H13ClN2S/c1-6-3-4-8-7(5-6)9(11)13-10(12-8)14-2/h6H,3-5H2,1-2H3. The highest BCUT2D eigenvalue weighted by atomic mass is 35.5. The quantitative estimate of drug-likeness (QED) is 0.420. The number of nitrogens with zero attached hydrogens (tertiary/aromatic N) is 2. The average molecular weight is 229 g/mol. The summed E-state index contributed by atoms with van der Waals surface area (Å²) in [5, 5.41) is 1.45. The number of thioether (sulfide) groups is 1. The van der Waals surface area contributed by atoms with Gasteiger partial charge in [0.05, 0.1) is 0 Å². The van der Waals surface area contributed by atoms with Gasteiger partial charge in [-0.3, -0.25) is 0 Å². The van der Waals surface area contributed by atoms with E-state index in [1.54, 1.807) is 11.8 Å². The van der Waals surface area contributed by atoms with Crippen molar-refractivity contribution >= 4 is 23.4 Å². The van der Waals surface area contributed by atoms with Crippen LogP contribution in [0, 0.1) is 5.92 Å². The predicted molar refractivity (Wildman–Crippen MR) is 60.0 cm³/mol. The minimum absolute atomic E-state index is 0.658. The van der Waals surface area contributed by atoms with Gasteiger partial charge in [0, 0.05) is 11.3 Å². The van der Waals surface area contributed by atoms with Gasteiger partial charge in [0.1, 0.15) is 5.15 Å². The number of hydrogen-bond acceptors (Lipinski definition) is 3. The van der Waals surface area contributed by atoms with Crippen LogP contribution in [0.5, 0.6) is 0 Å². The number of aromatic nitrogens is 2. The van der Waals surface area contributed by atoms with Crippen LogP contribution in [-0.4, -0.2) is 16.2 Å². The molecule has 1 aromatic rings. The molecule has 1 aliphatic carbocycles. The Hall–Kier alpha value is -0.280. The summed E-state index contributed by atoms with van der Waals surface area (Å²) in [7, 11) is 0. The first-order valence-corrected chi connectivity index (χ1v) is 6.40. The van der Waals surface area contributed by atoms with E-state index in [4.69, 9.17) is 11.6 Å². The zero-order valence-electron chi connectivity index (χ0n) is 8.38. The van der Waals surface area contributed by atoms with E-state index >= 15 is 0 Å². The average Bonchev–Trinajstić information content (AvgIpc) is 2.19. The van der Waals surface area contributed by atoms with Gasteiger partial charge in [-0.05, 0) is 31.4 Å². The molecule has 0 aliphatic heterocycles. The van der Waals surface area contributed by atoms with Crippen molar-refractivity contribution in [3.63, 3.8) is 0 Å². The van der Waals surface area contributed by atoms with Crippen molar-refractivity contribution in [3.8, 4) is 0 Å². The van der Waals surface area contributed by atoms with Crippen molar-refractivity contribution < 1.29 is 0 Å². The molecule has 0 aromatic carbocycles. The molecule has 1 heterocycles. The molecule has 0 fully saturated rings. The lowest BCUT2D eigenvalue weighted by atomic mass is 9.89. The maximum absolute atomic E-state index is 6.13. The maximum atomic E-state index is 6.13. The van der Waals surface area contributed by atoms with Crippen molar-refractivity contribution in [2.24, 2.45) is 5.92 Å². The number of halogens is 1. The van der Waals surface area contributed by atoms with E-state index in [-0.39, 0.29) is 0 Å². The van der Waals surface area contributed by atoms with Crippen molar-refractivity contribution in [3.05, 3.63) is 16.4 Å². The van der Waals surface area contributed by atoms with Crippen LogP contribution in [0.1, 0.15) is 24.6 Å². The summed E-state index contributed by atoms with van der Waals surface area (Å²) in [6, 6.07) is 0. The smallest absolute Gasteiger partial charge is 0.188 e. The first kappa shape index (κ1) is 10.2. The molecule has 0 amide bonds. The molecule has 0 spiro atoms. The Bertz CT molecular complexity index is 354. The normalized spacial score (nSPS) is 20.6. The van der Waals surface area contributed by atoms with Crippen molar-refractivity contribution in [2.45, 2.75) is 31.3 Å². The van der Waals surface area contributed by atoms with Crippen molar-refractivity contribution in [1.82, 2.24) is 9.97 Å². The molecule has 1 atom stereocenters. The Labute approximate surface area is 93.5 Å². The van der Waals surface area contributed by atoms with Gasteiger partial charge in [-0.15, -0.1) is 0 Å². The van der Waals surface area contributed by atoms with Crippen LogP contribution >= 0.6 is 23.4 Å². The monoisotopic (exact) mass is 228 g/mol. The third kappa shape index (κ3) is 1.89. The molecule has 0 saturated heterocycles. The number of fused-ring (bicyclic) bond motifs is 1. The lowest BCUT2D eigenvalue weighted by molar-refractivity contribution is 0.488. The molecule has 2 rings (SSSR count). The minimum Gasteiger partial charge on any atom is -0.227 e. The Kier molecular flexibility index (Phi) is 2.98. The van der Waals surface area contributed by atoms with E-state index in [9.17, 15) is 0 Å². The van der Waals surface area contributed by atoms with Gasteiger partial charge >= 0.3 is 0 Å². The molecule has 14 heavy (non-hydrogen) atoms. The van der Waals surface area contributed by atoms with Crippen LogP contribution in [0.2, 0.25) is 5.15 Å². The Morgan fingerprint density at radius 2 is 2.21 bits per heavy atom. The predicted octanol–water partition coefficient (Wildman–Crippen LogP) is 2.98. The van der Waals surface area contributed by atoms with E-state index in [1.807, 2.05) is 6.26 Å². The van der Waals surface area contributed by atoms with Gasteiger partial charge in [0.2, 0.25) is 0 Å². The summed E-state index contributed by atoms with van der Waals surface area (Å²) in [6.45, 7) is 2.25. The molecule has 1 aromatic heterocycles. The van der Waals surface area contributed by atoms with Gasteiger partial charge in [-0.2, -0.15) is 0 Å². The van der Waals surface area contributed by atoms with Gasteiger partial charge in [-0.1, -0.05) is 30.3 Å². The second-order valence-electron chi connectivity index (χ2n) is 3.77. The summed E-state index contributed by atoms with van der Waals surface area (Å²) < 4.78 is 0. The maximum Gasteiger partial charge on any atom is 0.188 e. The van der Waals surface area contributed by atoms with E-state index in [0.29, 0.717) is 11.1 Å². The summed E-state index contributed by atoms with van der Waals surface area (Å²) in [4.78, 5) is 8.75.